The molecule has 3 heteroatoms. The van der Waals surface area contributed by atoms with Crippen LogP contribution in [0, 0.1) is 6.92 Å². The highest BCUT2D eigenvalue weighted by Gasteiger charge is 2.43. The number of aryl methyl sites for hydroxylation is 2. The molecule has 0 unspecified atom stereocenters. The molecule has 1 aliphatic rings. The highest BCUT2D eigenvalue weighted by atomic mass is 15.3. The van der Waals surface area contributed by atoms with Gasteiger partial charge in [-0.2, -0.15) is 5.10 Å². The van der Waals surface area contributed by atoms with Crippen LogP contribution in [0.3, 0.4) is 0 Å². The van der Waals surface area contributed by atoms with Crippen molar-refractivity contribution in [3.8, 4) is 11.3 Å². The Hall–Kier alpha value is -1.61. The van der Waals surface area contributed by atoms with Crippen LogP contribution in [0.1, 0.15) is 24.0 Å². The van der Waals surface area contributed by atoms with Crippen molar-refractivity contribution in [3.63, 3.8) is 0 Å². The van der Waals surface area contributed by atoms with E-state index in [0.717, 1.165) is 12.8 Å². The molecular formula is C14H17N3. The quantitative estimate of drug-likeness (QED) is 0.855. The lowest BCUT2D eigenvalue weighted by molar-refractivity contribution is 0.737. The fourth-order valence-corrected chi connectivity index (χ4v) is 2.36. The molecule has 1 aliphatic carbocycles. The summed E-state index contributed by atoms with van der Waals surface area (Å²) in [4.78, 5) is 0. The summed E-state index contributed by atoms with van der Waals surface area (Å²) in [6.07, 6.45) is 4.06. The van der Waals surface area contributed by atoms with Crippen LogP contribution in [0.15, 0.2) is 30.5 Å². The SMILES string of the molecule is Cc1ccccc1-c1c(C2(N)CC2)cnn1C. The van der Waals surface area contributed by atoms with Gasteiger partial charge in [-0.15, -0.1) is 0 Å². The Morgan fingerprint density at radius 3 is 2.65 bits per heavy atom. The molecule has 0 spiro atoms. The maximum absolute atomic E-state index is 6.32. The molecule has 88 valence electrons. The number of rotatable bonds is 2. The third-order valence-corrected chi connectivity index (χ3v) is 3.66. The molecule has 1 saturated carbocycles. The van der Waals surface area contributed by atoms with Crippen molar-refractivity contribution in [2.24, 2.45) is 12.8 Å². The van der Waals surface area contributed by atoms with Gasteiger partial charge in [-0.25, -0.2) is 0 Å². The van der Waals surface area contributed by atoms with Crippen LogP contribution in [0.4, 0.5) is 0 Å². The van der Waals surface area contributed by atoms with Gasteiger partial charge in [-0.1, -0.05) is 24.3 Å². The zero-order valence-electron chi connectivity index (χ0n) is 10.3. The smallest absolute Gasteiger partial charge is 0.0732 e. The highest BCUT2D eigenvalue weighted by Crippen LogP contribution is 2.46. The van der Waals surface area contributed by atoms with E-state index in [1.807, 2.05) is 17.9 Å². The van der Waals surface area contributed by atoms with E-state index in [1.54, 1.807) is 0 Å². The average Bonchev–Trinajstić information content (AvgIpc) is 2.93. The lowest BCUT2D eigenvalue weighted by Gasteiger charge is -2.13. The molecule has 1 aromatic carbocycles. The number of aromatic nitrogens is 2. The summed E-state index contributed by atoms with van der Waals surface area (Å²) in [7, 11) is 1.98. The van der Waals surface area contributed by atoms with E-state index in [1.165, 1.54) is 22.4 Å². The standard InChI is InChI=1S/C14H17N3/c1-10-5-3-4-6-11(10)13-12(9-16-17(13)2)14(15)7-8-14/h3-6,9H,7-8,15H2,1-2H3. The molecule has 0 saturated heterocycles. The van der Waals surface area contributed by atoms with Crippen molar-refractivity contribution in [3.05, 3.63) is 41.6 Å². The molecular weight excluding hydrogens is 210 g/mol. The predicted molar refractivity (Wildman–Crippen MR) is 68.5 cm³/mol. The van der Waals surface area contributed by atoms with E-state index in [0.29, 0.717) is 0 Å². The Kier molecular flexibility index (Phi) is 2.13. The normalized spacial score (nSPS) is 17.1. The minimum absolute atomic E-state index is 0.133. The maximum Gasteiger partial charge on any atom is 0.0732 e. The first-order chi connectivity index (χ1) is 8.12. The van der Waals surface area contributed by atoms with Gasteiger partial charge in [0.05, 0.1) is 11.9 Å². The Morgan fingerprint density at radius 1 is 1.29 bits per heavy atom. The molecule has 1 heterocycles. The Morgan fingerprint density at radius 2 is 2.00 bits per heavy atom. The first kappa shape index (κ1) is 10.5. The fourth-order valence-electron chi connectivity index (χ4n) is 2.36. The predicted octanol–water partition coefficient (Wildman–Crippen LogP) is 2.34. The van der Waals surface area contributed by atoms with Crippen LogP contribution in [0.25, 0.3) is 11.3 Å². The van der Waals surface area contributed by atoms with Gasteiger partial charge in [0.1, 0.15) is 0 Å². The minimum Gasteiger partial charge on any atom is -0.321 e. The molecule has 3 nitrogen and oxygen atoms in total. The number of hydrogen-bond donors (Lipinski definition) is 1. The van der Waals surface area contributed by atoms with E-state index in [4.69, 9.17) is 5.73 Å². The third kappa shape index (κ3) is 1.58. The minimum atomic E-state index is -0.133. The summed E-state index contributed by atoms with van der Waals surface area (Å²) in [5.74, 6) is 0. The summed E-state index contributed by atoms with van der Waals surface area (Å²) < 4.78 is 1.94. The molecule has 1 fully saturated rings. The third-order valence-electron chi connectivity index (χ3n) is 3.66. The van der Waals surface area contributed by atoms with E-state index in [-0.39, 0.29) is 5.54 Å². The number of benzene rings is 1. The molecule has 2 aromatic rings. The van der Waals surface area contributed by atoms with Crippen molar-refractivity contribution < 1.29 is 0 Å². The van der Waals surface area contributed by atoms with Crippen molar-refractivity contribution in [2.45, 2.75) is 25.3 Å². The van der Waals surface area contributed by atoms with Crippen molar-refractivity contribution >= 4 is 0 Å². The van der Waals surface area contributed by atoms with Gasteiger partial charge in [-0.3, -0.25) is 4.68 Å². The van der Waals surface area contributed by atoms with Crippen LogP contribution in [-0.2, 0) is 12.6 Å². The average molecular weight is 227 g/mol. The summed E-state index contributed by atoms with van der Waals surface area (Å²) in [5.41, 5.74) is 11.0. The monoisotopic (exact) mass is 227 g/mol. The van der Waals surface area contributed by atoms with Crippen molar-refractivity contribution in [1.29, 1.82) is 0 Å². The second-order valence-corrected chi connectivity index (χ2v) is 5.00. The number of nitrogens with two attached hydrogens (primary N) is 1. The van der Waals surface area contributed by atoms with Crippen LogP contribution in [0.5, 0.6) is 0 Å². The van der Waals surface area contributed by atoms with Gasteiger partial charge in [0.15, 0.2) is 0 Å². The van der Waals surface area contributed by atoms with Gasteiger partial charge in [0.25, 0.3) is 0 Å². The molecule has 0 aliphatic heterocycles. The second-order valence-electron chi connectivity index (χ2n) is 5.00. The van der Waals surface area contributed by atoms with Gasteiger partial charge >= 0.3 is 0 Å². The van der Waals surface area contributed by atoms with E-state index >= 15 is 0 Å². The Balaban J connectivity index is 2.21. The molecule has 0 radical (unpaired) electrons. The van der Waals surface area contributed by atoms with Gasteiger partial charge < -0.3 is 5.73 Å². The summed E-state index contributed by atoms with van der Waals surface area (Å²) >= 11 is 0. The van der Waals surface area contributed by atoms with E-state index in [2.05, 4.69) is 36.3 Å². The Labute approximate surface area is 101 Å². The number of hydrogen-bond acceptors (Lipinski definition) is 2. The van der Waals surface area contributed by atoms with Crippen molar-refractivity contribution in [1.82, 2.24) is 9.78 Å². The van der Waals surface area contributed by atoms with E-state index < -0.39 is 0 Å². The Bertz CT molecular complexity index is 565. The van der Waals surface area contributed by atoms with Gasteiger partial charge in [0, 0.05) is 23.7 Å². The molecule has 17 heavy (non-hydrogen) atoms. The molecule has 3 rings (SSSR count). The van der Waals surface area contributed by atoms with Crippen LogP contribution >= 0.6 is 0 Å². The maximum atomic E-state index is 6.32. The topological polar surface area (TPSA) is 43.8 Å². The molecule has 2 N–H and O–H groups in total. The summed E-state index contributed by atoms with van der Waals surface area (Å²) in [6.45, 7) is 2.13. The molecule has 0 amide bonds. The number of nitrogens with zero attached hydrogens (tertiary/aromatic N) is 2. The summed E-state index contributed by atoms with van der Waals surface area (Å²) in [6, 6.07) is 8.39. The van der Waals surface area contributed by atoms with Gasteiger partial charge in [0.2, 0.25) is 0 Å². The first-order valence-corrected chi connectivity index (χ1v) is 5.99. The zero-order chi connectivity index (χ0) is 12.0. The van der Waals surface area contributed by atoms with E-state index in [9.17, 15) is 0 Å². The second kappa shape index (κ2) is 3.44. The first-order valence-electron chi connectivity index (χ1n) is 5.99. The van der Waals surface area contributed by atoms with Crippen LogP contribution in [0.2, 0.25) is 0 Å². The lowest BCUT2D eigenvalue weighted by atomic mass is 9.98. The fraction of sp³-hybridized carbons (Fsp3) is 0.357. The van der Waals surface area contributed by atoms with Gasteiger partial charge in [-0.05, 0) is 25.3 Å². The van der Waals surface area contributed by atoms with Crippen molar-refractivity contribution in [2.75, 3.05) is 0 Å². The zero-order valence-corrected chi connectivity index (χ0v) is 10.3. The molecule has 0 atom stereocenters. The highest BCUT2D eigenvalue weighted by molar-refractivity contribution is 5.68. The van der Waals surface area contributed by atoms with Crippen LogP contribution in [-0.4, -0.2) is 9.78 Å². The van der Waals surface area contributed by atoms with Crippen LogP contribution < -0.4 is 5.73 Å². The largest absolute Gasteiger partial charge is 0.321 e. The summed E-state index contributed by atoms with van der Waals surface area (Å²) in [5, 5.41) is 4.38. The lowest BCUT2D eigenvalue weighted by Crippen LogP contribution is -2.19. The molecule has 0 bridgehead atoms. The molecule has 1 aromatic heterocycles.